The van der Waals surface area contributed by atoms with Crippen molar-refractivity contribution in [3.05, 3.63) is 96.9 Å². The minimum Gasteiger partial charge on any atom is -0.395 e. The molecule has 9 nitrogen and oxygen atoms in total. The van der Waals surface area contributed by atoms with Crippen LogP contribution in [0.5, 0.6) is 0 Å². The molecule has 39 heavy (non-hydrogen) atoms. The zero-order valence-electron chi connectivity index (χ0n) is 19.4. The van der Waals surface area contributed by atoms with Crippen LogP contribution in [0.3, 0.4) is 0 Å². The number of anilines is 2. The fraction of sp³-hybridized carbons (Fsp3) is 0.0870. The van der Waals surface area contributed by atoms with Crippen molar-refractivity contribution < 1.29 is 22.0 Å². The van der Waals surface area contributed by atoms with Gasteiger partial charge in [0, 0.05) is 28.7 Å². The van der Waals surface area contributed by atoms with E-state index in [0.717, 1.165) is 53.1 Å². The predicted molar refractivity (Wildman–Crippen MR) is 141 cm³/mol. The fourth-order valence-electron chi connectivity index (χ4n) is 2.97. The van der Waals surface area contributed by atoms with Crippen LogP contribution in [0.25, 0.3) is 10.4 Å². The number of hydrogen-bond acceptors (Lipinski definition) is 11. The van der Waals surface area contributed by atoms with E-state index in [1.165, 1.54) is 24.3 Å². The highest BCUT2D eigenvalue weighted by molar-refractivity contribution is 7.98. The molecular weight excluding hydrogens is 580 g/mol. The van der Waals surface area contributed by atoms with Gasteiger partial charge in [0.25, 0.3) is 5.56 Å². The fourth-order valence-corrected chi connectivity index (χ4v) is 5.26. The van der Waals surface area contributed by atoms with Crippen molar-refractivity contribution >= 4 is 56.9 Å². The number of fused-ring (bicyclic) bond motifs is 1. The largest absolute Gasteiger partial charge is 0.397 e. The molecule has 0 aliphatic heterocycles. The Hall–Kier alpha value is -3.89. The Bertz CT molecular complexity index is 1760. The molecule has 16 heteroatoms. The molecule has 0 fully saturated rings. The highest BCUT2D eigenvalue weighted by atomic mass is 32.2. The van der Waals surface area contributed by atoms with Crippen molar-refractivity contribution in [1.82, 2.24) is 19.9 Å². The average molecular weight is 597 g/mol. The quantitative estimate of drug-likeness (QED) is 0.143. The van der Waals surface area contributed by atoms with Crippen LogP contribution in [-0.2, 0) is 11.5 Å². The van der Waals surface area contributed by atoms with E-state index < -0.39 is 28.2 Å². The normalized spacial score (nSPS) is 10.9. The molecule has 0 aliphatic rings. The molecule has 0 bridgehead atoms. The first-order valence-corrected chi connectivity index (χ1v) is 13.4. The van der Waals surface area contributed by atoms with Crippen LogP contribution in [0.4, 0.5) is 29.2 Å². The summed E-state index contributed by atoms with van der Waals surface area (Å²) in [5, 5.41) is 0.494. The summed E-state index contributed by atoms with van der Waals surface area (Å²) in [5.41, 5.74) is 11.2. The number of H-pyrrole nitrogens is 1. The molecule has 5 aromatic rings. The van der Waals surface area contributed by atoms with Gasteiger partial charge >= 0.3 is 4.94 Å². The first kappa shape index (κ1) is 28.1. The molecular formula is C23H16F4N6O3S3. The topological polar surface area (TPSA) is 154 Å². The van der Waals surface area contributed by atoms with Crippen LogP contribution in [-0.4, -0.2) is 19.9 Å². The van der Waals surface area contributed by atoms with E-state index in [1.807, 2.05) is 0 Å². The smallest absolute Gasteiger partial charge is 0.395 e. The third kappa shape index (κ3) is 7.15. The van der Waals surface area contributed by atoms with Crippen molar-refractivity contribution in [3.63, 3.8) is 0 Å². The number of halogens is 4. The van der Waals surface area contributed by atoms with Gasteiger partial charge in [0.15, 0.2) is 33.6 Å². The third-order valence-corrected chi connectivity index (χ3v) is 7.39. The van der Waals surface area contributed by atoms with Gasteiger partial charge < -0.3 is 20.9 Å². The molecule has 3 aromatic heterocycles. The molecule has 0 radical (unpaired) electrons. The third-order valence-electron chi connectivity index (χ3n) is 4.73. The lowest BCUT2D eigenvalue weighted by atomic mass is 10.2. The summed E-state index contributed by atoms with van der Waals surface area (Å²) in [6, 6.07) is 9.02. The SMILES string of the molecule is Nc1cc(=O)[nH]c(SCc2cccc(F)c2F)n1.Nc1nc(SCc2cccc(F)c2F)nc2oc(=O)sc12. The summed E-state index contributed by atoms with van der Waals surface area (Å²) in [4.78, 5) is 36.1. The van der Waals surface area contributed by atoms with Gasteiger partial charge in [-0.25, -0.2) is 32.3 Å². The Kier molecular flexibility index (Phi) is 8.88. The van der Waals surface area contributed by atoms with Crippen LogP contribution >= 0.6 is 34.9 Å². The summed E-state index contributed by atoms with van der Waals surface area (Å²) in [5.74, 6) is -3.12. The van der Waals surface area contributed by atoms with Crippen molar-refractivity contribution in [3.8, 4) is 0 Å². The van der Waals surface area contributed by atoms with Crippen molar-refractivity contribution in [2.24, 2.45) is 0 Å². The number of rotatable bonds is 6. The summed E-state index contributed by atoms with van der Waals surface area (Å²) in [7, 11) is 0. The molecule has 0 saturated heterocycles. The number of hydrogen-bond donors (Lipinski definition) is 3. The zero-order chi connectivity index (χ0) is 28.1. The summed E-state index contributed by atoms with van der Waals surface area (Å²) >= 11 is 2.96. The second kappa shape index (κ2) is 12.3. The molecule has 5 N–H and O–H groups in total. The number of benzene rings is 2. The van der Waals surface area contributed by atoms with Gasteiger partial charge in [-0.15, -0.1) is 0 Å². The minimum absolute atomic E-state index is 0.0842. The van der Waals surface area contributed by atoms with Crippen LogP contribution < -0.4 is 22.0 Å². The first-order chi connectivity index (χ1) is 18.6. The van der Waals surface area contributed by atoms with Crippen LogP contribution in [0, 0.1) is 23.3 Å². The lowest BCUT2D eigenvalue weighted by Crippen LogP contribution is -2.09. The maximum absolute atomic E-state index is 13.5. The molecule has 0 spiro atoms. The number of nitrogen functional groups attached to an aromatic ring is 2. The Balaban J connectivity index is 0.000000183. The lowest BCUT2D eigenvalue weighted by Gasteiger charge is -2.03. The Morgan fingerprint density at radius 1 is 0.872 bits per heavy atom. The van der Waals surface area contributed by atoms with Crippen molar-refractivity contribution in [1.29, 1.82) is 0 Å². The van der Waals surface area contributed by atoms with Gasteiger partial charge in [-0.2, -0.15) is 4.98 Å². The second-order valence-electron chi connectivity index (χ2n) is 7.46. The standard InChI is InChI=1S/C12H7F2N3O2S2.C11H9F2N3OS/c13-6-3-1-2-5(7(6)14)4-20-11-16-9(15)8-10(17-11)19-12(18)21-8;12-7-3-1-2-6(10(7)13)5-18-11-15-8(14)4-9(17)16-11/h1-3H,4H2,(H2,15,16,17);1-4H,5H2,(H3,14,15,16,17). The Morgan fingerprint density at radius 2 is 1.49 bits per heavy atom. The Labute approximate surface area is 228 Å². The maximum atomic E-state index is 13.5. The van der Waals surface area contributed by atoms with Gasteiger partial charge in [0.2, 0.25) is 5.71 Å². The first-order valence-electron chi connectivity index (χ1n) is 10.7. The highest BCUT2D eigenvalue weighted by Crippen LogP contribution is 2.27. The summed E-state index contributed by atoms with van der Waals surface area (Å²) in [6.45, 7) is 0. The number of nitrogens with one attached hydrogen (secondary N) is 1. The molecule has 0 saturated carbocycles. The van der Waals surface area contributed by atoms with Gasteiger partial charge in [-0.05, 0) is 23.5 Å². The van der Waals surface area contributed by atoms with E-state index in [2.05, 4.69) is 19.9 Å². The maximum Gasteiger partial charge on any atom is 0.397 e. The molecule has 2 aromatic carbocycles. The predicted octanol–water partition coefficient (Wildman–Crippen LogP) is 4.72. The number of thioether (sulfide) groups is 2. The van der Waals surface area contributed by atoms with Crippen LogP contribution in [0.2, 0.25) is 0 Å². The monoisotopic (exact) mass is 596 g/mol. The van der Waals surface area contributed by atoms with E-state index in [1.54, 1.807) is 0 Å². The van der Waals surface area contributed by atoms with Crippen LogP contribution in [0.1, 0.15) is 11.1 Å². The van der Waals surface area contributed by atoms with E-state index >= 15 is 0 Å². The van der Waals surface area contributed by atoms with E-state index in [9.17, 15) is 27.2 Å². The zero-order valence-corrected chi connectivity index (χ0v) is 21.9. The lowest BCUT2D eigenvalue weighted by molar-refractivity contribution is 0.502. The Morgan fingerprint density at radius 3 is 2.10 bits per heavy atom. The molecule has 5 rings (SSSR count). The average Bonchev–Trinajstić information content (AvgIpc) is 3.26. The number of aromatic amines is 1. The molecule has 0 atom stereocenters. The number of aromatic nitrogens is 4. The number of nitrogens with zero attached hydrogens (tertiary/aromatic N) is 3. The van der Waals surface area contributed by atoms with E-state index in [0.29, 0.717) is 4.70 Å². The van der Waals surface area contributed by atoms with Crippen LogP contribution in [0.15, 0.2) is 66.8 Å². The van der Waals surface area contributed by atoms with Gasteiger partial charge in [-0.3, -0.25) is 4.79 Å². The summed E-state index contributed by atoms with van der Waals surface area (Å²) in [6.07, 6.45) is 0. The second-order valence-corrected chi connectivity index (χ2v) is 10.3. The van der Waals surface area contributed by atoms with Crippen molar-refractivity contribution in [2.45, 2.75) is 21.8 Å². The van der Waals surface area contributed by atoms with E-state index in [-0.39, 0.29) is 55.9 Å². The molecule has 0 amide bonds. The minimum atomic E-state index is -0.909. The number of nitrogens with two attached hydrogens (primary N) is 2. The van der Waals surface area contributed by atoms with Crippen molar-refractivity contribution in [2.75, 3.05) is 11.5 Å². The van der Waals surface area contributed by atoms with Gasteiger partial charge in [0.1, 0.15) is 16.3 Å². The van der Waals surface area contributed by atoms with Gasteiger partial charge in [-0.1, -0.05) is 47.8 Å². The summed E-state index contributed by atoms with van der Waals surface area (Å²) < 4.78 is 58.2. The van der Waals surface area contributed by atoms with Gasteiger partial charge in [0.05, 0.1) is 0 Å². The molecule has 202 valence electrons. The molecule has 0 unspecified atom stereocenters. The van der Waals surface area contributed by atoms with E-state index in [4.69, 9.17) is 15.9 Å². The molecule has 3 heterocycles. The molecule has 0 aliphatic carbocycles. The highest BCUT2D eigenvalue weighted by Gasteiger charge is 2.14.